The van der Waals surface area contributed by atoms with Crippen LogP contribution in [-0.2, 0) is 6.54 Å². The van der Waals surface area contributed by atoms with Gasteiger partial charge in [-0.05, 0) is 53.1 Å². The standard InChI is InChI=1S/C15H23BrN2O2/c1-2-6-18-9-13(16)7-14(18)15(20)17-8-11-4-3-5-12(11)10-19/h7,9,11-12,19H,2-6,8,10H2,1H3,(H,17,20). The van der Waals surface area contributed by atoms with Crippen LogP contribution in [0.15, 0.2) is 16.7 Å². The number of amides is 1. The molecule has 20 heavy (non-hydrogen) atoms. The Kier molecular flexibility index (Phi) is 5.66. The minimum absolute atomic E-state index is 0.0206. The van der Waals surface area contributed by atoms with Gasteiger partial charge < -0.3 is 15.0 Å². The molecule has 2 atom stereocenters. The van der Waals surface area contributed by atoms with Crippen molar-refractivity contribution in [1.29, 1.82) is 0 Å². The Labute approximate surface area is 128 Å². The molecule has 0 aromatic carbocycles. The fraction of sp³-hybridized carbons (Fsp3) is 0.667. The van der Waals surface area contributed by atoms with E-state index in [1.54, 1.807) is 0 Å². The van der Waals surface area contributed by atoms with Crippen LogP contribution in [0.25, 0.3) is 0 Å². The summed E-state index contributed by atoms with van der Waals surface area (Å²) >= 11 is 3.43. The second-order valence-electron chi connectivity index (χ2n) is 5.58. The van der Waals surface area contributed by atoms with Crippen LogP contribution in [0.4, 0.5) is 0 Å². The second kappa shape index (κ2) is 7.27. The van der Waals surface area contributed by atoms with E-state index in [0.717, 1.165) is 36.7 Å². The molecule has 1 aromatic heterocycles. The molecular weight excluding hydrogens is 320 g/mol. The number of hydrogen-bond donors (Lipinski definition) is 2. The lowest BCUT2D eigenvalue weighted by molar-refractivity contribution is 0.0928. The molecule has 1 aliphatic carbocycles. The average molecular weight is 343 g/mol. The van der Waals surface area contributed by atoms with Crippen LogP contribution < -0.4 is 5.32 Å². The van der Waals surface area contributed by atoms with E-state index in [1.165, 1.54) is 0 Å². The maximum Gasteiger partial charge on any atom is 0.267 e. The second-order valence-corrected chi connectivity index (χ2v) is 6.50. The van der Waals surface area contributed by atoms with Crippen LogP contribution in [0.2, 0.25) is 0 Å². The molecule has 1 aromatic rings. The Balaban J connectivity index is 1.94. The van der Waals surface area contributed by atoms with E-state index >= 15 is 0 Å². The molecule has 1 saturated carbocycles. The largest absolute Gasteiger partial charge is 0.396 e. The van der Waals surface area contributed by atoms with Crippen LogP contribution in [0.5, 0.6) is 0 Å². The van der Waals surface area contributed by atoms with E-state index in [1.807, 2.05) is 16.8 Å². The zero-order chi connectivity index (χ0) is 14.5. The first-order valence-corrected chi connectivity index (χ1v) is 8.19. The molecule has 0 saturated heterocycles. The van der Waals surface area contributed by atoms with Gasteiger partial charge in [-0.15, -0.1) is 0 Å². The summed E-state index contributed by atoms with van der Waals surface area (Å²) in [5.41, 5.74) is 0.706. The van der Waals surface area contributed by atoms with E-state index in [4.69, 9.17) is 0 Å². The van der Waals surface area contributed by atoms with E-state index in [0.29, 0.717) is 24.1 Å². The Bertz CT molecular complexity index is 459. The van der Waals surface area contributed by atoms with Gasteiger partial charge in [-0.2, -0.15) is 0 Å². The monoisotopic (exact) mass is 342 g/mol. The van der Waals surface area contributed by atoms with Gasteiger partial charge in [0.1, 0.15) is 5.69 Å². The van der Waals surface area contributed by atoms with Gasteiger partial charge in [0.2, 0.25) is 0 Å². The summed E-state index contributed by atoms with van der Waals surface area (Å²) in [6.45, 7) is 3.84. The summed E-state index contributed by atoms with van der Waals surface area (Å²) in [4.78, 5) is 12.3. The summed E-state index contributed by atoms with van der Waals surface area (Å²) in [7, 11) is 0. The fourth-order valence-electron chi connectivity index (χ4n) is 3.03. The van der Waals surface area contributed by atoms with Crippen LogP contribution >= 0.6 is 15.9 Å². The topological polar surface area (TPSA) is 54.3 Å². The van der Waals surface area contributed by atoms with Gasteiger partial charge in [0.25, 0.3) is 5.91 Å². The molecule has 0 spiro atoms. The highest BCUT2D eigenvalue weighted by atomic mass is 79.9. The first-order valence-electron chi connectivity index (χ1n) is 7.40. The molecule has 1 heterocycles. The molecule has 0 bridgehead atoms. The van der Waals surface area contributed by atoms with Crippen molar-refractivity contribution in [3.63, 3.8) is 0 Å². The van der Waals surface area contributed by atoms with Crippen LogP contribution in [0.1, 0.15) is 43.1 Å². The van der Waals surface area contributed by atoms with Crippen molar-refractivity contribution in [3.05, 3.63) is 22.4 Å². The molecule has 1 aliphatic rings. The Morgan fingerprint density at radius 3 is 2.95 bits per heavy atom. The highest BCUT2D eigenvalue weighted by Crippen LogP contribution is 2.30. The number of nitrogens with zero attached hydrogens (tertiary/aromatic N) is 1. The highest BCUT2D eigenvalue weighted by Gasteiger charge is 2.27. The Hall–Kier alpha value is -0.810. The number of aromatic nitrogens is 1. The quantitative estimate of drug-likeness (QED) is 0.835. The molecule has 2 rings (SSSR count). The van der Waals surface area contributed by atoms with E-state index in [9.17, 15) is 9.90 Å². The normalized spacial score (nSPS) is 22.1. The number of nitrogens with one attached hydrogen (secondary N) is 1. The molecule has 4 nitrogen and oxygen atoms in total. The molecule has 2 N–H and O–H groups in total. The zero-order valence-electron chi connectivity index (χ0n) is 11.9. The highest BCUT2D eigenvalue weighted by molar-refractivity contribution is 9.10. The summed E-state index contributed by atoms with van der Waals surface area (Å²) < 4.78 is 2.92. The SMILES string of the molecule is CCCn1cc(Br)cc1C(=O)NCC1CCCC1CO. The number of hydrogen-bond acceptors (Lipinski definition) is 2. The van der Waals surface area contributed by atoms with Gasteiger partial charge in [-0.1, -0.05) is 13.3 Å². The van der Waals surface area contributed by atoms with Gasteiger partial charge in [-0.3, -0.25) is 4.79 Å². The summed E-state index contributed by atoms with van der Waals surface area (Å²) in [5, 5.41) is 12.3. The maximum absolute atomic E-state index is 12.3. The third kappa shape index (κ3) is 3.64. The summed E-state index contributed by atoms with van der Waals surface area (Å²) in [6.07, 6.45) is 6.28. The van der Waals surface area contributed by atoms with Crippen molar-refractivity contribution < 1.29 is 9.90 Å². The fourth-order valence-corrected chi connectivity index (χ4v) is 3.49. The molecule has 5 heteroatoms. The number of halogens is 1. The van der Waals surface area contributed by atoms with Crippen molar-refractivity contribution in [3.8, 4) is 0 Å². The molecule has 112 valence electrons. The van der Waals surface area contributed by atoms with Gasteiger partial charge in [0.15, 0.2) is 0 Å². The molecule has 1 amide bonds. The van der Waals surface area contributed by atoms with Crippen molar-refractivity contribution in [1.82, 2.24) is 9.88 Å². The molecule has 1 fully saturated rings. The van der Waals surface area contributed by atoms with Gasteiger partial charge in [0, 0.05) is 30.4 Å². The smallest absolute Gasteiger partial charge is 0.267 e. The van der Waals surface area contributed by atoms with Crippen LogP contribution in [0, 0.1) is 11.8 Å². The number of aryl methyl sites for hydroxylation is 1. The molecule has 0 aliphatic heterocycles. The van der Waals surface area contributed by atoms with Crippen LogP contribution in [-0.4, -0.2) is 28.7 Å². The number of carbonyl (C=O) groups excluding carboxylic acids is 1. The van der Waals surface area contributed by atoms with E-state index in [-0.39, 0.29) is 12.5 Å². The van der Waals surface area contributed by atoms with Crippen molar-refractivity contribution >= 4 is 21.8 Å². The average Bonchev–Trinajstić information content (AvgIpc) is 3.02. The Morgan fingerprint density at radius 1 is 1.50 bits per heavy atom. The number of rotatable bonds is 6. The first-order chi connectivity index (χ1) is 9.65. The molecule has 0 radical (unpaired) electrons. The number of carbonyl (C=O) groups is 1. The minimum atomic E-state index is -0.0206. The predicted octanol–water partition coefficient (Wildman–Crippen LogP) is 2.80. The third-order valence-electron chi connectivity index (χ3n) is 4.14. The van der Waals surface area contributed by atoms with Crippen molar-refractivity contribution in [2.24, 2.45) is 11.8 Å². The lowest BCUT2D eigenvalue weighted by Gasteiger charge is -2.18. The van der Waals surface area contributed by atoms with Gasteiger partial charge in [-0.25, -0.2) is 0 Å². The third-order valence-corrected chi connectivity index (χ3v) is 4.57. The van der Waals surface area contributed by atoms with Gasteiger partial charge >= 0.3 is 0 Å². The van der Waals surface area contributed by atoms with Crippen molar-refractivity contribution in [2.75, 3.05) is 13.2 Å². The lowest BCUT2D eigenvalue weighted by Crippen LogP contribution is -2.32. The van der Waals surface area contributed by atoms with E-state index < -0.39 is 0 Å². The lowest BCUT2D eigenvalue weighted by atomic mass is 9.97. The van der Waals surface area contributed by atoms with E-state index in [2.05, 4.69) is 28.2 Å². The summed E-state index contributed by atoms with van der Waals surface area (Å²) in [5.74, 6) is 0.749. The predicted molar refractivity (Wildman–Crippen MR) is 82.7 cm³/mol. The molecule has 2 unspecified atom stereocenters. The maximum atomic E-state index is 12.3. The Morgan fingerprint density at radius 2 is 2.25 bits per heavy atom. The minimum Gasteiger partial charge on any atom is -0.396 e. The first kappa shape index (κ1) is 15.6. The number of aliphatic hydroxyl groups excluding tert-OH is 1. The zero-order valence-corrected chi connectivity index (χ0v) is 13.5. The molecular formula is C15H23BrN2O2. The summed E-state index contributed by atoms with van der Waals surface area (Å²) in [6, 6.07) is 1.86. The number of aliphatic hydroxyl groups is 1. The van der Waals surface area contributed by atoms with Crippen LogP contribution in [0.3, 0.4) is 0 Å². The van der Waals surface area contributed by atoms with Crippen molar-refractivity contribution in [2.45, 2.75) is 39.2 Å². The van der Waals surface area contributed by atoms with Gasteiger partial charge in [0.05, 0.1) is 0 Å².